The molecule has 0 aliphatic rings. The summed E-state index contributed by atoms with van der Waals surface area (Å²) in [5.74, 6) is 1.02. The van der Waals surface area contributed by atoms with Gasteiger partial charge in [0.05, 0.1) is 0 Å². The average Bonchev–Trinajstić information content (AvgIpc) is 2.39. The molecule has 19 heavy (non-hydrogen) atoms. The first-order valence-electron chi connectivity index (χ1n) is 6.61. The van der Waals surface area contributed by atoms with Gasteiger partial charge in [-0.15, -0.1) is 0 Å². The fraction of sp³-hybridized carbons (Fsp3) is 0.312. The minimum absolute atomic E-state index is 0.650. The van der Waals surface area contributed by atoms with E-state index < -0.39 is 0 Å². The molecule has 0 saturated carbocycles. The molecule has 0 saturated heterocycles. The Morgan fingerprint density at radius 1 is 1.21 bits per heavy atom. The van der Waals surface area contributed by atoms with E-state index in [0.29, 0.717) is 6.54 Å². The van der Waals surface area contributed by atoms with E-state index in [-0.39, 0.29) is 0 Å². The maximum Gasteiger partial charge on any atom is 0.131 e. The van der Waals surface area contributed by atoms with Crippen molar-refractivity contribution < 1.29 is 0 Å². The number of hydrogen-bond acceptors (Lipinski definition) is 3. The van der Waals surface area contributed by atoms with E-state index in [9.17, 15) is 0 Å². The van der Waals surface area contributed by atoms with E-state index in [1.165, 1.54) is 16.7 Å². The number of aromatic nitrogens is 1. The van der Waals surface area contributed by atoms with Crippen LogP contribution in [0.5, 0.6) is 0 Å². The lowest BCUT2D eigenvalue weighted by molar-refractivity contribution is 0.866. The van der Waals surface area contributed by atoms with E-state index in [0.717, 1.165) is 18.8 Å². The van der Waals surface area contributed by atoms with Crippen LogP contribution in [0.25, 0.3) is 0 Å². The quantitative estimate of drug-likeness (QED) is 0.892. The number of aryl methyl sites for hydroxylation is 1. The Balaban J connectivity index is 2.17. The normalized spacial score (nSPS) is 10.5. The van der Waals surface area contributed by atoms with E-state index in [4.69, 9.17) is 5.73 Å². The van der Waals surface area contributed by atoms with Gasteiger partial charge in [-0.1, -0.05) is 35.9 Å². The van der Waals surface area contributed by atoms with Gasteiger partial charge in [0.2, 0.25) is 0 Å². The molecule has 0 atom stereocenters. The van der Waals surface area contributed by atoms with Gasteiger partial charge >= 0.3 is 0 Å². The molecule has 0 unspecified atom stereocenters. The molecule has 0 bridgehead atoms. The Bertz CT molecular complexity index is 537. The third-order valence-electron chi connectivity index (χ3n) is 3.14. The first-order valence-corrected chi connectivity index (χ1v) is 6.61. The van der Waals surface area contributed by atoms with Gasteiger partial charge in [0.1, 0.15) is 5.82 Å². The summed E-state index contributed by atoms with van der Waals surface area (Å²) in [5.41, 5.74) is 9.45. The first-order chi connectivity index (χ1) is 9.20. The van der Waals surface area contributed by atoms with Gasteiger partial charge in [-0.3, -0.25) is 0 Å². The van der Waals surface area contributed by atoms with E-state index >= 15 is 0 Å². The fourth-order valence-corrected chi connectivity index (χ4v) is 2.28. The molecular weight excluding hydrogens is 234 g/mol. The summed E-state index contributed by atoms with van der Waals surface area (Å²) in [6.07, 6.45) is 2.70. The molecule has 0 fully saturated rings. The van der Waals surface area contributed by atoms with Crippen LogP contribution in [0.3, 0.4) is 0 Å². The molecule has 0 amide bonds. The van der Waals surface area contributed by atoms with Gasteiger partial charge in [0.25, 0.3) is 0 Å². The van der Waals surface area contributed by atoms with Gasteiger partial charge in [-0.25, -0.2) is 4.98 Å². The molecule has 3 heteroatoms. The Hall–Kier alpha value is -1.87. The van der Waals surface area contributed by atoms with Crippen LogP contribution >= 0.6 is 0 Å². The van der Waals surface area contributed by atoms with Gasteiger partial charge in [0, 0.05) is 19.8 Å². The van der Waals surface area contributed by atoms with Crippen LogP contribution in [0.4, 0.5) is 5.82 Å². The van der Waals surface area contributed by atoms with Crippen molar-refractivity contribution in [1.29, 1.82) is 0 Å². The van der Waals surface area contributed by atoms with Gasteiger partial charge < -0.3 is 10.6 Å². The summed E-state index contributed by atoms with van der Waals surface area (Å²) in [4.78, 5) is 6.67. The minimum atomic E-state index is 0.650. The Morgan fingerprint density at radius 2 is 2.05 bits per heavy atom. The highest BCUT2D eigenvalue weighted by Crippen LogP contribution is 2.18. The minimum Gasteiger partial charge on any atom is -0.355 e. The molecule has 0 aliphatic heterocycles. The monoisotopic (exact) mass is 255 g/mol. The molecule has 2 N–H and O–H groups in total. The second-order valence-electron chi connectivity index (χ2n) is 4.87. The number of rotatable bonds is 5. The smallest absolute Gasteiger partial charge is 0.131 e. The second-order valence-corrected chi connectivity index (χ2v) is 4.87. The largest absolute Gasteiger partial charge is 0.355 e. The van der Waals surface area contributed by atoms with Crippen LogP contribution in [-0.4, -0.2) is 18.6 Å². The standard InChI is InChI=1S/C16H21N3/c1-13-5-3-6-14(11-13)12-19(2)16-15(8-9-17)7-4-10-18-16/h3-7,10-11H,8-9,12,17H2,1-2H3. The lowest BCUT2D eigenvalue weighted by Crippen LogP contribution is -2.20. The Labute approximate surface area is 115 Å². The predicted octanol–water partition coefficient (Wildman–Crippen LogP) is 2.53. The Morgan fingerprint density at radius 3 is 2.79 bits per heavy atom. The van der Waals surface area contributed by atoms with Crippen LogP contribution < -0.4 is 10.6 Å². The van der Waals surface area contributed by atoms with E-state index in [1.54, 1.807) is 0 Å². The summed E-state index contributed by atoms with van der Waals surface area (Å²) in [6, 6.07) is 12.6. The SMILES string of the molecule is Cc1cccc(CN(C)c2ncccc2CCN)c1. The number of benzene rings is 1. The summed E-state index contributed by atoms with van der Waals surface area (Å²) >= 11 is 0. The van der Waals surface area contributed by atoms with Crippen LogP contribution in [0.15, 0.2) is 42.6 Å². The van der Waals surface area contributed by atoms with Gasteiger partial charge in [-0.05, 0) is 37.1 Å². The topological polar surface area (TPSA) is 42.2 Å². The van der Waals surface area contributed by atoms with Crippen LogP contribution in [-0.2, 0) is 13.0 Å². The number of nitrogens with two attached hydrogens (primary N) is 1. The molecule has 1 heterocycles. The average molecular weight is 255 g/mol. The van der Waals surface area contributed by atoms with Crippen molar-refractivity contribution in [2.45, 2.75) is 19.9 Å². The van der Waals surface area contributed by atoms with Crippen molar-refractivity contribution in [1.82, 2.24) is 4.98 Å². The van der Waals surface area contributed by atoms with E-state index in [1.807, 2.05) is 12.3 Å². The zero-order valence-electron chi connectivity index (χ0n) is 11.6. The molecule has 3 nitrogen and oxygen atoms in total. The molecule has 100 valence electrons. The molecule has 0 spiro atoms. The molecule has 2 aromatic rings. The first kappa shape index (κ1) is 13.6. The summed E-state index contributed by atoms with van der Waals surface area (Å²) in [7, 11) is 2.07. The van der Waals surface area contributed by atoms with Crippen molar-refractivity contribution in [3.63, 3.8) is 0 Å². The molecular formula is C16H21N3. The Kier molecular flexibility index (Phi) is 4.53. The molecule has 1 aromatic carbocycles. The van der Waals surface area contributed by atoms with Crippen LogP contribution in [0.2, 0.25) is 0 Å². The van der Waals surface area contributed by atoms with E-state index in [2.05, 4.69) is 54.2 Å². The van der Waals surface area contributed by atoms with Gasteiger partial charge in [0.15, 0.2) is 0 Å². The molecule has 0 radical (unpaired) electrons. The molecule has 0 aliphatic carbocycles. The third kappa shape index (κ3) is 3.55. The summed E-state index contributed by atoms with van der Waals surface area (Å²) in [6.45, 7) is 3.62. The highest BCUT2D eigenvalue weighted by Gasteiger charge is 2.08. The second kappa shape index (κ2) is 6.34. The number of hydrogen-bond donors (Lipinski definition) is 1. The van der Waals surface area contributed by atoms with Crippen LogP contribution in [0.1, 0.15) is 16.7 Å². The predicted molar refractivity (Wildman–Crippen MR) is 80.3 cm³/mol. The maximum atomic E-state index is 5.66. The lowest BCUT2D eigenvalue weighted by atomic mass is 10.1. The lowest BCUT2D eigenvalue weighted by Gasteiger charge is -2.21. The van der Waals surface area contributed by atoms with Crippen molar-refractivity contribution in [2.24, 2.45) is 5.73 Å². The maximum absolute atomic E-state index is 5.66. The summed E-state index contributed by atoms with van der Waals surface area (Å²) < 4.78 is 0. The highest BCUT2D eigenvalue weighted by atomic mass is 15.2. The molecule has 1 aromatic heterocycles. The van der Waals surface area contributed by atoms with Crippen molar-refractivity contribution in [2.75, 3.05) is 18.5 Å². The zero-order valence-corrected chi connectivity index (χ0v) is 11.6. The third-order valence-corrected chi connectivity index (χ3v) is 3.14. The number of anilines is 1. The highest BCUT2D eigenvalue weighted by molar-refractivity contribution is 5.46. The van der Waals surface area contributed by atoms with Crippen molar-refractivity contribution >= 4 is 5.82 Å². The zero-order chi connectivity index (χ0) is 13.7. The number of nitrogens with zero attached hydrogens (tertiary/aromatic N) is 2. The van der Waals surface area contributed by atoms with Crippen molar-refractivity contribution in [3.05, 3.63) is 59.3 Å². The number of pyridine rings is 1. The fourth-order valence-electron chi connectivity index (χ4n) is 2.28. The summed E-state index contributed by atoms with van der Waals surface area (Å²) in [5, 5.41) is 0. The molecule has 2 rings (SSSR count). The van der Waals surface area contributed by atoms with Crippen molar-refractivity contribution in [3.8, 4) is 0 Å². The van der Waals surface area contributed by atoms with Crippen LogP contribution in [0, 0.1) is 6.92 Å². The van der Waals surface area contributed by atoms with Gasteiger partial charge in [-0.2, -0.15) is 0 Å².